The van der Waals surface area contributed by atoms with Crippen molar-refractivity contribution in [1.29, 1.82) is 0 Å². The first-order valence-corrected chi connectivity index (χ1v) is 18.6. The van der Waals surface area contributed by atoms with Gasteiger partial charge in [0, 0.05) is 50.3 Å². The van der Waals surface area contributed by atoms with Crippen molar-refractivity contribution < 1.29 is 0 Å². The molecule has 0 radical (unpaired) electrons. The molecular weight excluding hydrogens is 657 g/mol. The molecule has 54 heavy (non-hydrogen) atoms. The van der Waals surface area contributed by atoms with Gasteiger partial charge in [-0.05, 0) is 77.4 Å². The SMILES string of the molecule is CCn1c(-c2ccc(-c3nc4ccc(-c5ccc(-n6c7ccccc7c7ccccc76)cc5)cc4c4c3ccc3ccccc34)cc2)nc2ccccc21. The lowest BCUT2D eigenvalue weighted by Gasteiger charge is -2.15. The quantitative estimate of drug-likeness (QED) is 0.169. The minimum atomic E-state index is 0.856. The molecule has 0 amide bonds. The third kappa shape index (κ3) is 4.63. The van der Waals surface area contributed by atoms with Crippen LogP contribution in [-0.4, -0.2) is 19.1 Å². The molecule has 0 aliphatic heterocycles. The largest absolute Gasteiger partial charge is 0.324 e. The summed E-state index contributed by atoms with van der Waals surface area (Å²) in [7, 11) is 0. The number of aromatic nitrogens is 4. The van der Waals surface area contributed by atoms with Gasteiger partial charge in [-0.25, -0.2) is 9.97 Å². The van der Waals surface area contributed by atoms with Gasteiger partial charge in [0.05, 0.1) is 33.3 Å². The van der Waals surface area contributed by atoms with Crippen molar-refractivity contribution in [2.45, 2.75) is 13.5 Å². The van der Waals surface area contributed by atoms with Gasteiger partial charge in [0.25, 0.3) is 0 Å². The zero-order valence-electron chi connectivity index (χ0n) is 29.7. The number of rotatable bonds is 5. The van der Waals surface area contributed by atoms with Crippen molar-refractivity contribution in [3.8, 4) is 39.5 Å². The van der Waals surface area contributed by atoms with E-state index in [1.807, 2.05) is 0 Å². The molecule has 8 aromatic carbocycles. The van der Waals surface area contributed by atoms with E-state index in [1.54, 1.807) is 0 Å². The van der Waals surface area contributed by atoms with Crippen LogP contribution in [0.25, 0.3) is 105 Å². The predicted molar refractivity (Wildman–Crippen MR) is 226 cm³/mol. The second kappa shape index (κ2) is 12.0. The summed E-state index contributed by atoms with van der Waals surface area (Å²) in [4.78, 5) is 10.4. The Balaban J connectivity index is 1.04. The van der Waals surface area contributed by atoms with E-state index in [0.717, 1.165) is 62.2 Å². The number of para-hydroxylation sites is 4. The fraction of sp³-hybridized carbons (Fsp3) is 0.0400. The molecule has 0 atom stereocenters. The van der Waals surface area contributed by atoms with Gasteiger partial charge < -0.3 is 9.13 Å². The average molecular weight is 691 g/mol. The van der Waals surface area contributed by atoms with Gasteiger partial charge in [-0.3, -0.25) is 0 Å². The van der Waals surface area contributed by atoms with Crippen molar-refractivity contribution in [1.82, 2.24) is 19.1 Å². The minimum absolute atomic E-state index is 0.856. The second-order valence-corrected chi connectivity index (χ2v) is 14.1. The molecule has 0 fully saturated rings. The van der Waals surface area contributed by atoms with Crippen LogP contribution >= 0.6 is 0 Å². The van der Waals surface area contributed by atoms with Crippen molar-refractivity contribution in [2.75, 3.05) is 0 Å². The lowest BCUT2D eigenvalue weighted by atomic mass is 9.93. The van der Waals surface area contributed by atoms with Crippen LogP contribution in [0.5, 0.6) is 0 Å². The molecule has 4 nitrogen and oxygen atoms in total. The van der Waals surface area contributed by atoms with Crippen molar-refractivity contribution in [3.05, 3.63) is 176 Å². The molecule has 11 aromatic rings. The van der Waals surface area contributed by atoms with Gasteiger partial charge in [-0.15, -0.1) is 0 Å². The molecule has 3 heterocycles. The van der Waals surface area contributed by atoms with Crippen molar-refractivity contribution >= 4 is 65.3 Å². The lowest BCUT2D eigenvalue weighted by Crippen LogP contribution is -1.97. The Labute approximate surface area is 312 Å². The van der Waals surface area contributed by atoms with Crippen molar-refractivity contribution in [2.24, 2.45) is 0 Å². The fourth-order valence-corrected chi connectivity index (χ4v) is 8.57. The van der Waals surface area contributed by atoms with E-state index in [-0.39, 0.29) is 0 Å². The normalized spacial score (nSPS) is 11.9. The first-order chi connectivity index (χ1) is 26.7. The summed E-state index contributed by atoms with van der Waals surface area (Å²) >= 11 is 0. The van der Waals surface area contributed by atoms with Gasteiger partial charge in [0.1, 0.15) is 5.82 Å². The van der Waals surface area contributed by atoms with Gasteiger partial charge >= 0.3 is 0 Å². The van der Waals surface area contributed by atoms with Gasteiger partial charge in [-0.2, -0.15) is 0 Å². The summed E-state index contributed by atoms with van der Waals surface area (Å²) in [5.41, 5.74) is 12.3. The Morgan fingerprint density at radius 2 is 1.04 bits per heavy atom. The van der Waals surface area contributed by atoms with Gasteiger partial charge in [0.2, 0.25) is 0 Å². The molecule has 11 rings (SSSR count). The lowest BCUT2D eigenvalue weighted by molar-refractivity contribution is 0.796. The van der Waals surface area contributed by atoms with Crippen LogP contribution in [0.3, 0.4) is 0 Å². The number of benzene rings is 8. The monoisotopic (exact) mass is 690 g/mol. The van der Waals surface area contributed by atoms with Crippen LogP contribution in [0.2, 0.25) is 0 Å². The summed E-state index contributed by atoms with van der Waals surface area (Å²) in [6.45, 7) is 3.03. The van der Waals surface area contributed by atoms with Crippen molar-refractivity contribution in [3.63, 3.8) is 0 Å². The van der Waals surface area contributed by atoms with Gasteiger partial charge in [-0.1, -0.05) is 127 Å². The smallest absolute Gasteiger partial charge is 0.141 e. The molecule has 0 saturated carbocycles. The van der Waals surface area contributed by atoms with E-state index in [9.17, 15) is 0 Å². The number of hydrogen-bond donors (Lipinski definition) is 0. The molecule has 0 unspecified atom stereocenters. The highest BCUT2D eigenvalue weighted by atomic mass is 15.1. The van der Waals surface area contributed by atoms with Crippen LogP contribution < -0.4 is 0 Å². The molecular formula is C50H34N4. The second-order valence-electron chi connectivity index (χ2n) is 14.1. The van der Waals surface area contributed by atoms with E-state index < -0.39 is 0 Å². The summed E-state index contributed by atoms with van der Waals surface area (Å²) in [6, 6.07) is 63.3. The maximum atomic E-state index is 5.37. The topological polar surface area (TPSA) is 35.6 Å². The molecule has 0 aliphatic rings. The molecule has 0 N–H and O–H groups in total. The van der Waals surface area contributed by atoms with Crippen LogP contribution in [0.1, 0.15) is 6.92 Å². The van der Waals surface area contributed by atoms with E-state index >= 15 is 0 Å². The van der Waals surface area contributed by atoms with Crippen LogP contribution in [0.4, 0.5) is 0 Å². The summed E-state index contributed by atoms with van der Waals surface area (Å²) < 4.78 is 4.65. The standard InChI is InChI=1S/C50H34N4/c1-2-53-47-18-10-7-15-44(47)52-50(53)35-21-19-34(20-22-35)49-41-29-25-33-11-3-4-12-38(33)48(41)42-31-36(26-30-43(42)51-49)32-23-27-37(28-24-32)54-45-16-8-5-13-39(45)40-14-6-9-17-46(40)54/h3-31H,2H2,1H3. The highest BCUT2D eigenvalue weighted by Crippen LogP contribution is 2.40. The van der Waals surface area contributed by atoms with E-state index in [2.05, 4.69) is 192 Å². The Bertz CT molecular complexity index is 3190. The Kier molecular flexibility index (Phi) is 6.80. The minimum Gasteiger partial charge on any atom is -0.324 e. The summed E-state index contributed by atoms with van der Waals surface area (Å²) in [5, 5.41) is 8.52. The van der Waals surface area contributed by atoms with E-state index in [1.165, 1.54) is 49.1 Å². The molecule has 3 aromatic heterocycles. The van der Waals surface area contributed by atoms with E-state index in [0.29, 0.717) is 0 Å². The molecule has 0 spiro atoms. The maximum absolute atomic E-state index is 5.37. The van der Waals surface area contributed by atoms with E-state index in [4.69, 9.17) is 9.97 Å². The average Bonchev–Trinajstić information content (AvgIpc) is 3.79. The number of aryl methyl sites for hydroxylation is 1. The Morgan fingerprint density at radius 3 is 1.78 bits per heavy atom. The first kappa shape index (κ1) is 30.6. The number of hydrogen-bond acceptors (Lipinski definition) is 2. The van der Waals surface area contributed by atoms with Gasteiger partial charge in [0.15, 0.2) is 0 Å². The van der Waals surface area contributed by atoms with Crippen LogP contribution in [0.15, 0.2) is 176 Å². The molecule has 4 heteroatoms. The van der Waals surface area contributed by atoms with Crippen LogP contribution in [0, 0.1) is 0 Å². The molecule has 0 saturated heterocycles. The highest BCUT2D eigenvalue weighted by molar-refractivity contribution is 6.23. The third-order valence-electron chi connectivity index (χ3n) is 11.1. The number of pyridine rings is 1. The fourth-order valence-electron chi connectivity index (χ4n) is 8.57. The first-order valence-electron chi connectivity index (χ1n) is 18.6. The molecule has 0 aliphatic carbocycles. The molecule has 254 valence electrons. The Hall–Kier alpha value is -7.04. The summed E-state index contributed by atoms with van der Waals surface area (Å²) in [6.07, 6.45) is 0. The highest BCUT2D eigenvalue weighted by Gasteiger charge is 2.17. The van der Waals surface area contributed by atoms with Crippen LogP contribution in [-0.2, 0) is 6.54 Å². The predicted octanol–water partition coefficient (Wildman–Crippen LogP) is 13.0. The number of imidazole rings is 1. The zero-order valence-corrected chi connectivity index (χ0v) is 29.7. The molecule has 0 bridgehead atoms. The summed E-state index contributed by atoms with van der Waals surface area (Å²) in [5.74, 6) is 0.989. The number of fused-ring (bicyclic) bond motifs is 9. The third-order valence-corrected chi connectivity index (χ3v) is 11.1. The zero-order chi connectivity index (χ0) is 35.8. The maximum Gasteiger partial charge on any atom is 0.141 e. The number of nitrogens with zero attached hydrogens (tertiary/aromatic N) is 4. The Morgan fingerprint density at radius 1 is 0.426 bits per heavy atom.